The molecule has 0 unspecified atom stereocenters. The third-order valence-electron chi connectivity index (χ3n) is 1.07. The van der Waals surface area contributed by atoms with Gasteiger partial charge in [-0.1, -0.05) is 0 Å². The fourth-order valence-corrected chi connectivity index (χ4v) is 0.667. The van der Waals surface area contributed by atoms with Crippen LogP contribution in [0.4, 0.5) is 4.79 Å². The molecule has 58 valence electrons. The van der Waals surface area contributed by atoms with E-state index in [0.717, 1.165) is 0 Å². The van der Waals surface area contributed by atoms with Crippen molar-refractivity contribution < 1.29 is 9.59 Å². The van der Waals surface area contributed by atoms with Gasteiger partial charge in [-0.3, -0.25) is 0 Å². The van der Waals surface area contributed by atoms with Crippen LogP contribution in [-0.2, 0) is 4.79 Å². The lowest BCUT2D eigenvalue weighted by Crippen LogP contribution is -2.39. The van der Waals surface area contributed by atoms with E-state index in [-0.39, 0.29) is 26.0 Å². The van der Waals surface area contributed by atoms with Crippen LogP contribution in [0.15, 0.2) is 0 Å². The molecule has 0 heterocycles. The molecule has 0 bridgehead atoms. The second-order valence-electron chi connectivity index (χ2n) is 2.37. The average Bonchev–Trinajstić information content (AvgIpc) is 1.86. The Labute approximate surface area is 68.3 Å². The molecular formula is C4H11B3N2O2. The van der Waals surface area contributed by atoms with Crippen molar-refractivity contribution in [3.05, 3.63) is 0 Å². The minimum Gasteiger partial charge on any atom is -0.384 e. The van der Waals surface area contributed by atoms with Crippen LogP contribution in [0.1, 0.15) is 6.92 Å². The number of hydrogen-bond donors (Lipinski definition) is 2. The summed E-state index contributed by atoms with van der Waals surface area (Å²) in [5.74, 6) is 0. The molecule has 0 fully saturated rings. The summed E-state index contributed by atoms with van der Waals surface area (Å²) in [6.07, 6.45) is 0. The van der Waals surface area contributed by atoms with Gasteiger partial charge in [-0.05, 0) is 14.0 Å². The van der Waals surface area contributed by atoms with E-state index >= 15 is 0 Å². The molecule has 2 N–H and O–H groups in total. The van der Waals surface area contributed by atoms with Crippen LogP contribution >= 0.6 is 0 Å². The largest absolute Gasteiger partial charge is 0.384 e. The number of rotatable bonds is 6. The highest BCUT2D eigenvalue weighted by Gasteiger charge is 2.08. The highest BCUT2D eigenvalue weighted by Crippen LogP contribution is 1.70. The van der Waals surface area contributed by atoms with Crippen molar-refractivity contribution >= 4 is 33.5 Å². The lowest BCUT2D eigenvalue weighted by atomic mass is 9.56. The summed E-state index contributed by atoms with van der Waals surface area (Å²) in [7, 11) is 2.67. The molecule has 4 nitrogen and oxygen atoms in total. The zero-order valence-corrected chi connectivity index (χ0v) is 6.94. The molecule has 0 aliphatic carbocycles. The highest BCUT2D eigenvalue weighted by atomic mass is 16.1. The van der Waals surface area contributed by atoms with Gasteiger partial charge in [0.1, 0.15) is 0 Å². The number of hydrogen-bond acceptors (Lipinski definition) is 4. The number of carbonyl (C=O) groups is 2. The first-order chi connectivity index (χ1) is 5.16. The van der Waals surface area contributed by atoms with Crippen molar-refractivity contribution in [1.82, 2.24) is 10.4 Å². The van der Waals surface area contributed by atoms with Gasteiger partial charge in [0, 0.05) is 0 Å². The summed E-state index contributed by atoms with van der Waals surface area (Å²) < 4.78 is 0. The van der Waals surface area contributed by atoms with E-state index in [2.05, 4.69) is 10.4 Å². The molecule has 7 heteroatoms. The Morgan fingerprint density at radius 1 is 1.36 bits per heavy atom. The molecule has 0 radical (unpaired) electrons. The van der Waals surface area contributed by atoms with Crippen molar-refractivity contribution in [1.29, 1.82) is 0 Å². The third-order valence-corrected chi connectivity index (χ3v) is 1.07. The van der Waals surface area contributed by atoms with Crippen LogP contribution < -0.4 is 10.4 Å². The smallest absolute Gasteiger partial charge is 0.274 e. The monoisotopic (exact) mass is 152 g/mol. The number of carbonyl (C=O) groups excluding carboxylic acids is 2. The zero-order chi connectivity index (χ0) is 8.69. The molecule has 0 aliphatic heterocycles. The molecule has 0 atom stereocenters. The van der Waals surface area contributed by atoms with Gasteiger partial charge in [-0.2, -0.15) is 0 Å². The Morgan fingerprint density at radius 2 is 2.00 bits per heavy atom. The van der Waals surface area contributed by atoms with Gasteiger partial charge in [0.2, 0.25) is 0 Å². The SMILES string of the molecule is CNBNBC(=O)BC(C)=O. The van der Waals surface area contributed by atoms with Gasteiger partial charge in [0.15, 0.2) is 0 Å². The summed E-state index contributed by atoms with van der Waals surface area (Å²) in [6.45, 7) is 1.41. The van der Waals surface area contributed by atoms with E-state index in [4.69, 9.17) is 0 Å². The van der Waals surface area contributed by atoms with Gasteiger partial charge in [-0.25, -0.2) is 0 Å². The normalized spacial score (nSPS) is 8.55. The van der Waals surface area contributed by atoms with E-state index in [9.17, 15) is 9.59 Å². The zero-order valence-electron chi connectivity index (χ0n) is 6.94. The minimum absolute atomic E-state index is 0.0384. The van der Waals surface area contributed by atoms with E-state index in [1.54, 1.807) is 7.05 Å². The molecule has 0 aromatic rings. The van der Waals surface area contributed by atoms with Crippen molar-refractivity contribution in [2.45, 2.75) is 6.92 Å². The molecule has 0 aliphatic rings. The maximum Gasteiger partial charge on any atom is 0.274 e. The first-order valence-electron chi connectivity index (χ1n) is 3.53. The third kappa shape index (κ3) is 7.35. The van der Waals surface area contributed by atoms with Crippen molar-refractivity contribution in [2.75, 3.05) is 7.05 Å². The number of nitrogens with one attached hydrogen (secondary N) is 2. The van der Waals surface area contributed by atoms with Crippen molar-refractivity contribution in [3.8, 4) is 0 Å². The van der Waals surface area contributed by atoms with Crippen LogP contribution in [0.5, 0.6) is 0 Å². The van der Waals surface area contributed by atoms with Crippen molar-refractivity contribution in [2.24, 2.45) is 0 Å². The predicted octanol–water partition coefficient (Wildman–Crippen LogP) is -2.48. The molecule has 0 aromatic heterocycles. The topological polar surface area (TPSA) is 58.2 Å². The molecule has 11 heavy (non-hydrogen) atoms. The predicted molar refractivity (Wildman–Crippen MR) is 49.7 cm³/mol. The van der Waals surface area contributed by atoms with Gasteiger partial charge in [0.25, 0.3) is 22.2 Å². The van der Waals surface area contributed by atoms with E-state index in [1.165, 1.54) is 6.92 Å². The maximum atomic E-state index is 10.8. The standard InChI is InChI=1S/C4H11B3N2O2/c1-3(10)5-4(11)6-9-7-8-2/h5-9H,1-2H3. The summed E-state index contributed by atoms with van der Waals surface area (Å²) >= 11 is 0. The first-order valence-corrected chi connectivity index (χ1v) is 3.53. The quantitative estimate of drug-likeness (QED) is 0.326. The average molecular weight is 152 g/mol. The second-order valence-corrected chi connectivity index (χ2v) is 2.37. The summed E-state index contributed by atoms with van der Waals surface area (Å²) in [4.78, 5) is 21.2. The van der Waals surface area contributed by atoms with Crippen LogP contribution in [-0.4, -0.2) is 40.6 Å². The maximum absolute atomic E-state index is 10.8. The fraction of sp³-hybridized carbons (Fsp3) is 0.500. The van der Waals surface area contributed by atoms with Crippen LogP contribution in [0.25, 0.3) is 0 Å². The lowest BCUT2D eigenvalue weighted by molar-refractivity contribution is -0.110. The highest BCUT2D eigenvalue weighted by molar-refractivity contribution is 7.14. The van der Waals surface area contributed by atoms with Crippen molar-refractivity contribution in [3.63, 3.8) is 0 Å². The molecule has 0 spiro atoms. The fourth-order valence-electron chi connectivity index (χ4n) is 0.667. The van der Waals surface area contributed by atoms with E-state index in [0.29, 0.717) is 7.55 Å². The second kappa shape index (κ2) is 6.18. The van der Waals surface area contributed by atoms with Crippen LogP contribution in [0, 0.1) is 0 Å². The Morgan fingerprint density at radius 3 is 2.45 bits per heavy atom. The van der Waals surface area contributed by atoms with Crippen LogP contribution in [0.3, 0.4) is 0 Å². The van der Waals surface area contributed by atoms with Gasteiger partial charge in [0.05, 0.1) is 11.3 Å². The van der Waals surface area contributed by atoms with Gasteiger partial charge >= 0.3 is 0 Å². The summed E-state index contributed by atoms with van der Waals surface area (Å²) in [5, 5.41) is 5.66. The van der Waals surface area contributed by atoms with E-state index in [1.807, 2.05) is 0 Å². The summed E-state index contributed by atoms with van der Waals surface area (Å²) in [5.41, 5.74) is -0.144. The summed E-state index contributed by atoms with van der Waals surface area (Å²) in [6, 6.07) is 0. The van der Waals surface area contributed by atoms with Gasteiger partial charge < -0.3 is 20.0 Å². The Bertz CT molecular complexity index is 152. The molecule has 0 amide bonds. The Balaban J connectivity index is 3.30. The molecule has 0 aromatic carbocycles. The molecule has 0 saturated heterocycles. The van der Waals surface area contributed by atoms with Crippen LogP contribution in [0.2, 0.25) is 0 Å². The molecular weight excluding hydrogens is 140 g/mol. The molecule has 0 rings (SSSR count). The Hall–Kier alpha value is -0.545. The van der Waals surface area contributed by atoms with Gasteiger partial charge in [-0.15, -0.1) is 0 Å². The molecule has 0 saturated carbocycles. The first kappa shape index (κ1) is 10.5. The lowest BCUT2D eigenvalue weighted by Gasteiger charge is -1.96. The Kier molecular flexibility index (Phi) is 5.88. The van der Waals surface area contributed by atoms with E-state index < -0.39 is 0 Å². The minimum atomic E-state index is -0.0822.